The molecule has 1 aromatic carbocycles. The first-order valence-electron chi connectivity index (χ1n) is 7.06. The number of rotatable bonds is 5. The summed E-state index contributed by atoms with van der Waals surface area (Å²) in [4.78, 5) is 15.3. The average Bonchev–Trinajstić information content (AvgIpc) is 2.45. The maximum Gasteiger partial charge on any atom is 0.339 e. The average molecular weight is 300 g/mol. The van der Waals surface area contributed by atoms with Crippen LogP contribution in [0.15, 0.2) is 42.6 Å². The van der Waals surface area contributed by atoms with Gasteiger partial charge in [-0.25, -0.2) is 9.78 Å². The lowest BCUT2D eigenvalue weighted by atomic mass is 10.1. The molecule has 22 heavy (non-hydrogen) atoms. The molecule has 0 fully saturated rings. The van der Waals surface area contributed by atoms with E-state index in [0.717, 1.165) is 11.3 Å². The second-order valence-electron chi connectivity index (χ2n) is 5.88. The number of hydrogen-bond acceptors (Lipinski definition) is 4. The second kappa shape index (κ2) is 6.47. The predicted molar refractivity (Wildman–Crippen MR) is 85.3 cm³/mol. The lowest BCUT2D eigenvalue weighted by Crippen LogP contribution is -2.24. The zero-order chi connectivity index (χ0) is 16.2. The van der Waals surface area contributed by atoms with Gasteiger partial charge in [0.05, 0.1) is 0 Å². The molecule has 2 aromatic rings. The van der Waals surface area contributed by atoms with Gasteiger partial charge in [0.1, 0.15) is 22.7 Å². The molecule has 0 aliphatic heterocycles. The number of hydrogen-bond donors (Lipinski definition) is 2. The Morgan fingerprint density at radius 3 is 2.64 bits per heavy atom. The Morgan fingerprint density at radius 2 is 1.95 bits per heavy atom. The molecule has 0 radical (unpaired) electrons. The summed E-state index contributed by atoms with van der Waals surface area (Å²) in [5.41, 5.74) is 0.795. The standard InChI is InChI=1S/C17H20N2O3/c1-17(2,3)22-14-9-5-4-7-12(14)11-19-15-13(16(20)21)8-6-10-18-15/h4-10H,11H2,1-3H3,(H,18,19)(H,20,21). The number of benzene rings is 1. The van der Waals surface area contributed by atoms with Crippen LogP contribution in [0.3, 0.4) is 0 Å². The molecular formula is C17H20N2O3. The molecule has 0 aliphatic carbocycles. The van der Waals surface area contributed by atoms with E-state index >= 15 is 0 Å². The van der Waals surface area contributed by atoms with Crippen LogP contribution < -0.4 is 10.1 Å². The minimum atomic E-state index is -1.00. The first kappa shape index (κ1) is 15.8. The zero-order valence-electron chi connectivity index (χ0n) is 13.0. The minimum Gasteiger partial charge on any atom is -0.488 e. The molecule has 2 rings (SSSR count). The van der Waals surface area contributed by atoms with E-state index in [4.69, 9.17) is 9.84 Å². The Labute approximate surface area is 130 Å². The third-order valence-corrected chi connectivity index (χ3v) is 2.87. The smallest absolute Gasteiger partial charge is 0.339 e. The maximum absolute atomic E-state index is 11.2. The van der Waals surface area contributed by atoms with Crippen LogP contribution in [0.4, 0.5) is 5.82 Å². The molecule has 0 atom stereocenters. The largest absolute Gasteiger partial charge is 0.488 e. The van der Waals surface area contributed by atoms with Gasteiger partial charge in [-0.3, -0.25) is 0 Å². The van der Waals surface area contributed by atoms with Crippen molar-refractivity contribution in [3.63, 3.8) is 0 Å². The lowest BCUT2D eigenvalue weighted by Gasteiger charge is -2.23. The van der Waals surface area contributed by atoms with E-state index in [-0.39, 0.29) is 11.2 Å². The van der Waals surface area contributed by atoms with E-state index < -0.39 is 5.97 Å². The SMILES string of the molecule is CC(C)(C)Oc1ccccc1CNc1ncccc1C(=O)O. The van der Waals surface area contributed by atoms with Gasteiger partial charge in [-0.1, -0.05) is 18.2 Å². The molecule has 0 saturated heterocycles. The van der Waals surface area contributed by atoms with Crippen LogP contribution in [0.2, 0.25) is 0 Å². The summed E-state index contributed by atoms with van der Waals surface area (Å²) in [6, 6.07) is 10.8. The number of para-hydroxylation sites is 1. The van der Waals surface area contributed by atoms with Gasteiger partial charge in [-0.15, -0.1) is 0 Å². The van der Waals surface area contributed by atoms with Crippen LogP contribution in [0, 0.1) is 0 Å². The predicted octanol–water partition coefficient (Wildman–Crippen LogP) is 3.57. The number of nitrogens with zero attached hydrogens (tertiary/aromatic N) is 1. The summed E-state index contributed by atoms with van der Waals surface area (Å²) >= 11 is 0. The van der Waals surface area contributed by atoms with Crippen molar-refractivity contribution in [2.24, 2.45) is 0 Å². The van der Waals surface area contributed by atoms with Crippen molar-refractivity contribution in [1.82, 2.24) is 4.98 Å². The van der Waals surface area contributed by atoms with Gasteiger partial charge in [-0.2, -0.15) is 0 Å². The lowest BCUT2D eigenvalue weighted by molar-refractivity contribution is 0.0697. The summed E-state index contributed by atoms with van der Waals surface area (Å²) in [5.74, 6) is 0.116. The molecule has 0 saturated carbocycles. The Kier molecular flexibility index (Phi) is 4.65. The minimum absolute atomic E-state index is 0.150. The number of pyridine rings is 1. The van der Waals surface area contributed by atoms with Crippen LogP contribution in [0.1, 0.15) is 36.7 Å². The third kappa shape index (κ3) is 4.22. The highest BCUT2D eigenvalue weighted by Gasteiger charge is 2.15. The number of aromatic nitrogens is 1. The number of carboxylic acids is 1. The van der Waals surface area contributed by atoms with E-state index in [1.165, 1.54) is 6.07 Å². The Bertz CT molecular complexity index is 663. The molecule has 1 aromatic heterocycles. The summed E-state index contributed by atoms with van der Waals surface area (Å²) < 4.78 is 5.92. The quantitative estimate of drug-likeness (QED) is 0.883. The Hall–Kier alpha value is -2.56. The molecule has 116 valence electrons. The fourth-order valence-electron chi connectivity index (χ4n) is 1.98. The number of nitrogens with one attached hydrogen (secondary N) is 1. The maximum atomic E-state index is 11.2. The van der Waals surface area contributed by atoms with Crippen LogP contribution in [0.5, 0.6) is 5.75 Å². The van der Waals surface area contributed by atoms with Crippen molar-refractivity contribution in [2.45, 2.75) is 32.9 Å². The topological polar surface area (TPSA) is 71.5 Å². The number of anilines is 1. The van der Waals surface area contributed by atoms with Crippen molar-refractivity contribution in [2.75, 3.05) is 5.32 Å². The number of aromatic carboxylic acids is 1. The normalized spacial score (nSPS) is 11.0. The van der Waals surface area contributed by atoms with E-state index in [0.29, 0.717) is 12.4 Å². The monoisotopic (exact) mass is 300 g/mol. The summed E-state index contributed by atoms with van der Waals surface area (Å²) in [7, 11) is 0. The van der Waals surface area contributed by atoms with Crippen molar-refractivity contribution in [3.05, 3.63) is 53.7 Å². The second-order valence-corrected chi connectivity index (χ2v) is 5.88. The van der Waals surface area contributed by atoms with Gasteiger partial charge in [0.2, 0.25) is 0 Å². The molecule has 5 heteroatoms. The highest BCUT2D eigenvalue weighted by atomic mass is 16.5. The van der Waals surface area contributed by atoms with Gasteiger partial charge in [-0.05, 0) is 39.0 Å². The molecule has 0 unspecified atom stereocenters. The number of carboxylic acid groups (broad SMARTS) is 1. The third-order valence-electron chi connectivity index (χ3n) is 2.87. The van der Waals surface area contributed by atoms with E-state index in [1.54, 1.807) is 12.3 Å². The van der Waals surface area contributed by atoms with Gasteiger partial charge in [0.15, 0.2) is 0 Å². The van der Waals surface area contributed by atoms with Gasteiger partial charge in [0, 0.05) is 18.3 Å². The van der Waals surface area contributed by atoms with Crippen molar-refractivity contribution in [1.29, 1.82) is 0 Å². The summed E-state index contributed by atoms with van der Waals surface area (Å²) in [5, 5.41) is 12.2. The molecule has 2 N–H and O–H groups in total. The van der Waals surface area contributed by atoms with Crippen LogP contribution in [0.25, 0.3) is 0 Å². The molecule has 1 heterocycles. The van der Waals surface area contributed by atoms with Crippen molar-refractivity contribution >= 4 is 11.8 Å². The van der Waals surface area contributed by atoms with Crippen molar-refractivity contribution < 1.29 is 14.6 Å². The van der Waals surface area contributed by atoms with Crippen LogP contribution in [-0.4, -0.2) is 21.7 Å². The zero-order valence-corrected chi connectivity index (χ0v) is 13.0. The number of ether oxygens (including phenoxy) is 1. The van der Waals surface area contributed by atoms with E-state index in [2.05, 4.69) is 10.3 Å². The fraction of sp³-hybridized carbons (Fsp3) is 0.294. The molecule has 0 amide bonds. The van der Waals surface area contributed by atoms with Gasteiger partial charge < -0.3 is 15.2 Å². The molecule has 0 aliphatic rings. The van der Waals surface area contributed by atoms with Crippen molar-refractivity contribution in [3.8, 4) is 5.75 Å². The van der Waals surface area contributed by atoms with E-state index in [1.807, 2.05) is 45.0 Å². The fourth-order valence-corrected chi connectivity index (χ4v) is 1.98. The van der Waals surface area contributed by atoms with Crippen LogP contribution in [-0.2, 0) is 6.54 Å². The summed E-state index contributed by atoms with van der Waals surface area (Å²) in [6.45, 7) is 6.39. The van der Waals surface area contributed by atoms with Gasteiger partial charge >= 0.3 is 5.97 Å². The Balaban J connectivity index is 2.18. The Morgan fingerprint density at radius 1 is 1.23 bits per heavy atom. The molecule has 0 spiro atoms. The first-order chi connectivity index (χ1) is 10.4. The van der Waals surface area contributed by atoms with Crippen LogP contribution >= 0.6 is 0 Å². The van der Waals surface area contributed by atoms with E-state index in [9.17, 15) is 4.79 Å². The van der Waals surface area contributed by atoms with Gasteiger partial charge in [0.25, 0.3) is 0 Å². The summed E-state index contributed by atoms with van der Waals surface area (Å²) in [6.07, 6.45) is 1.56. The highest BCUT2D eigenvalue weighted by molar-refractivity contribution is 5.92. The highest BCUT2D eigenvalue weighted by Crippen LogP contribution is 2.24. The molecular weight excluding hydrogens is 280 g/mol. The first-order valence-corrected chi connectivity index (χ1v) is 7.06. The molecule has 0 bridgehead atoms. The number of carbonyl (C=O) groups is 1. The molecule has 5 nitrogen and oxygen atoms in total.